The number of aliphatic imine (C=N–C) groups is 1. The molecule has 3 rings (SSSR count). The fourth-order valence-corrected chi connectivity index (χ4v) is 3.06. The number of nitrogens with one attached hydrogen (secondary N) is 2. The maximum atomic E-state index is 5.60. The van der Waals surface area contributed by atoms with Gasteiger partial charge in [-0.05, 0) is 38.7 Å². The predicted molar refractivity (Wildman–Crippen MR) is 133 cm³/mol. The zero-order valence-corrected chi connectivity index (χ0v) is 20.0. The number of aromatic nitrogens is 1. The molecule has 2 aromatic carbocycles. The first-order valence-electron chi connectivity index (χ1n) is 9.90. The van der Waals surface area contributed by atoms with Crippen molar-refractivity contribution >= 4 is 29.9 Å². The smallest absolute Gasteiger partial charge is 0.226 e. The van der Waals surface area contributed by atoms with Crippen molar-refractivity contribution in [3.8, 4) is 11.5 Å². The van der Waals surface area contributed by atoms with Crippen molar-refractivity contribution in [3.05, 3.63) is 78.2 Å². The van der Waals surface area contributed by atoms with Crippen molar-refractivity contribution < 1.29 is 4.42 Å². The summed E-state index contributed by atoms with van der Waals surface area (Å²) in [5.41, 5.74) is 3.03. The Bertz CT molecular complexity index is 896. The van der Waals surface area contributed by atoms with Crippen LogP contribution in [0.1, 0.15) is 24.2 Å². The fraction of sp³-hybridized carbons (Fsp3) is 0.304. The van der Waals surface area contributed by atoms with Gasteiger partial charge in [0.15, 0.2) is 5.96 Å². The highest BCUT2D eigenvalue weighted by atomic mass is 127. The zero-order valence-electron chi connectivity index (χ0n) is 17.7. The summed E-state index contributed by atoms with van der Waals surface area (Å²) >= 11 is 0. The molecule has 2 N–H and O–H groups in total. The molecule has 160 valence electrons. The summed E-state index contributed by atoms with van der Waals surface area (Å²) < 4.78 is 5.60. The van der Waals surface area contributed by atoms with Gasteiger partial charge in [0.2, 0.25) is 5.89 Å². The van der Waals surface area contributed by atoms with E-state index in [9.17, 15) is 0 Å². The second-order valence-electron chi connectivity index (χ2n) is 6.98. The molecule has 3 aromatic rings. The summed E-state index contributed by atoms with van der Waals surface area (Å²) in [5, 5.41) is 6.75. The van der Waals surface area contributed by atoms with Crippen LogP contribution in [0.2, 0.25) is 0 Å². The second kappa shape index (κ2) is 12.3. The second-order valence-corrected chi connectivity index (χ2v) is 6.98. The van der Waals surface area contributed by atoms with E-state index in [1.54, 1.807) is 6.26 Å². The van der Waals surface area contributed by atoms with E-state index in [4.69, 9.17) is 4.42 Å². The summed E-state index contributed by atoms with van der Waals surface area (Å²) in [6.07, 6.45) is 1.67. The van der Waals surface area contributed by atoms with Crippen LogP contribution >= 0.6 is 24.0 Å². The topological polar surface area (TPSA) is 65.7 Å². The third kappa shape index (κ3) is 6.84. The van der Waals surface area contributed by atoms with Crippen molar-refractivity contribution in [3.63, 3.8) is 0 Å². The van der Waals surface area contributed by atoms with Crippen LogP contribution in [0, 0.1) is 0 Å². The van der Waals surface area contributed by atoms with E-state index in [1.165, 1.54) is 5.56 Å². The Labute approximate surface area is 195 Å². The first-order valence-corrected chi connectivity index (χ1v) is 9.90. The Morgan fingerprint density at radius 2 is 1.70 bits per heavy atom. The van der Waals surface area contributed by atoms with E-state index in [0.29, 0.717) is 12.4 Å². The molecular formula is C23H30IN5O. The van der Waals surface area contributed by atoms with Gasteiger partial charge in [-0.1, -0.05) is 48.5 Å². The van der Waals surface area contributed by atoms with Crippen molar-refractivity contribution in [1.82, 2.24) is 20.5 Å². The van der Waals surface area contributed by atoms with E-state index in [-0.39, 0.29) is 30.0 Å². The highest BCUT2D eigenvalue weighted by Gasteiger charge is 2.14. The summed E-state index contributed by atoms with van der Waals surface area (Å²) in [4.78, 5) is 11.4. The standard InChI is InChI=1S/C23H29N5O.HI/c1-4-24-23(26-16-21(28(2)3)18-11-7-5-8-12-18)25-15-20-17-29-22(27-20)19-13-9-6-10-14-19;/h5-14,17,21H,4,15-16H2,1-3H3,(H2,24,25,26);1H. The quantitative estimate of drug-likeness (QED) is 0.264. The first-order chi connectivity index (χ1) is 14.2. The van der Waals surface area contributed by atoms with Crippen molar-refractivity contribution in [2.45, 2.75) is 19.5 Å². The normalized spacial score (nSPS) is 12.3. The van der Waals surface area contributed by atoms with Crippen LogP contribution in [0.25, 0.3) is 11.5 Å². The van der Waals surface area contributed by atoms with Crippen molar-refractivity contribution in [2.75, 3.05) is 27.2 Å². The number of halogens is 1. The molecule has 0 spiro atoms. The number of guanidine groups is 1. The number of benzene rings is 2. The number of hydrogen-bond donors (Lipinski definition) is 2. The number of hydrogen-bond acceptors (Lipinski definition) is 4. The molecule has 0 saturated heterocycles. The minimum Gasteiger partial charge on any atom is -0.444 e. The van der Waals surface area contributed by atoms with Crippen LogP contribution in [-0.4, -0.2) is 43.0 Å². The molecule has 1 atom stereocenters. The molecule has 0 bridgehead atoms. The van der Waals surface area contributed by atoms with E-state index < -0.39 is 0 Å². The molecule has 7 heteroatoms. The molecule has 0 aliphatic heterocycles. The predicted octanol–water partition coefficient (Wildman–Crippen LogP) is 4.32. The van der Waals surface area contributed by atoms with Crippen LogP contribution < -0.4 is 10.6 Å². The molecule has 6 nitrogen and oxygen atoms in total. The molecule has 30 heavy (non-hydrogen) atoms. The van der Waals surface area contributed by atoms with Gasteiger partial charge in [-0.15, -0.1) is 24.0 Å². The van der Waals surface area contributed by atoms with E-state index in [1.807, 2.05) is 36.4 Å². The van der Waals surface area contributed by atoms with Crippen LogP contribution in [-0.2, 0) is 6.54 Å². The maximum absolute atomic E-state index is 5.60. The van der Waals surface area contributed by atoms with Crippen LogP contribution in [0.5, 0.6) is 0 Å². The molecule has 1 aromatic heterocycles. The van der Waals surface area contributed by atoms with Gasteiger partial charge in [0.1, 0.15) is 12.0 Å². The summed E-state index contributed by atoms with van der Waals surface area (Å²) in [6.45, 7) is 4.04. The minimum absolute atomic E-state index is 0. The summed E-state index contributed by atoms with van der Waals surface area (Å²) in [6, 6.07) is 20.6. The highest BCUT2D eigenvalue weighted by Crippen LogP contribution is 2.18. The average molecular weight is 519 g/mol. The molecule has 0 fully saturated rings. The number of likely N-dealkylation sites (N-methyl/N-ethyl adjacent to an activating group) is 1. The van der Waals surface area contributed by atoms with Gasteiger partial charge < -0.3 is 20.0 Å². The Kier molecular flexibility index (Phi) is 9.82. The molecule has 0 aliphatic rings. The van der Waals surface area contributed by atoms with Gasteiger partial charge in [0.05, 0.1) is 12.6 Å². The number of oxazole rings is 1. The van der Waals surface area contributed by atoms with E-state index in [2.05, 4.69) is 70.8 Å². The van der Waals surface area contributed by atoms with Gasteiger partial charge in [0.25, 0.3) is 0 Å². The third-order valence-corrected chi connectivity index (χ3v) is 4.59. The Hall–Kier alpha value is -2.39. The maximum Gasteiger partial charge on any atom is 0.226 e. The fourth-order valence-electron chi connectivity index (χ4n) is 3.06. The summed E-state index contributed by atoms with van der Waals surface area (Å²) in [7, 11) is 4.17. The zero-order chi connectivity index (χ0) is 20.5. The number of nitrogens with zero attached hydrogens (tertiary/aromatic N) is 3. The highest BCUT2D eigenvalue weighted by molar-refractivity contribution is 14.0. The van der Waals surface area contributed by atoms with E-state index in [0.717, 1.165) is 30.3 Å². The summed E-state index contributed by atoms with van der Waals surface area (Å²) in [5.74, 6) is 1.38. The first kappa shape index (κ1) is 23.9. The average Bonchev–Trinajstić information content (AvgIpc) is 3.22. The number of rotatable bonds is 8. The lowest BCUT2D eigenvalue weighted by Crippen LogP contribution is -2.41. The van der Waals surface area contributed by atoms with Gasteiger partial charge in [-0.25, -0.2) is 9.98 Å². The molecular weight excluding hydrogens is 489 g/mol. The Balaban J connectivity index is 0.00000320. The van der Waals surface area contributed by atoms with Gasteiger partial charge >= 0.3 is 0 Å². The lowest BCUT2D eigenvalue weighted by Gasteiger charge is -2.26. The Morgan fingerprint density at radius 1 is 1.03 bits per heavy atom. The lowest BCUT2D eigenvalue weighted by atomic mass is 10.1. The SMILES string of the molecule is CCNC(=NCc1coc(-c2ccccc2)n1)NCC(c1ccccc1)N(C)C.I. The van der Waals surface area contributed by atoms with Gasteiger partial charge in [-0.3, -0.25) is 0 Å². The lowest BCUT2D eigenvalue weighted by molar-refractivity contribution is 0.298. The van der Waals surface area contributed by atoms with Gasteiger partial charge in [0, 0.05) is 18.7 Å². The van der Waals surface area contributed by atoms with Crippen LogP contribution in [0.3, 0.4) is 0 Å². The molecule has 1 heterocycles. The largest absolute Gasteiger partial charge is 0.444 e. The molecule has 1 unspecified atom stereocenters. The molecule has 0 saturated carbocycles. The van der Waals surface area contributed by atoms with Crippen LogP contribution in [0.15, 0.2) is 76.3 Å². The van der Waals surface area contributed by atoms with Crippen molar-refractivity contribution in [1.29, 1.82) is 0 Å². The molecule has 0 radical (unpaired) electrons. The van der Waals surface area contributed by atoms with Crippen molar-refractivity contribution in [2.24, 2.45) is 4.99 Å². The molecule has 0 amide bonds. The third-order valence-electron chi connectivity index (χ3n) is 4.59. The monoisotopic (exact) mass is 519 g/mol. The van der Waals surface area contributed by atoms with E-state index >= 15 is 0 Å². The minimum atomic E-state index is 0. The molecule has 0 aliphatic carbocycles. The van der Waals surface area contributed by atoms with Gasteiger partial charge in [-0.2, -0.15) is 0 Å². The Morgan fingerprint density at radius 3 is 2.33 bits per heavy atom. The van der Waals surface area contributed by atoms with Crippen LogP contribution in [0.4, 0.5) is 0 Å².